The van der Waals surface area contributed by atoms with Gasteiger partial charge >= 0.3 is 12.1 Å². The van der Waals surface area contributed by atoms with Crippen LogP contribution in [0.4, 0.5) is 22.0 Å². The molecule has 0 bridgehead atoms. The maximum atomic E-state index is 12.6. The summed E-state index contributed by atoms with van der Waals surface area (Å²) in [5.41, 5.74) is -3.73. The minimum Gasteiger partial charge on any atom is -0.481 e. The summed E-state index contributed by atoms with van der Waals surface area (Å²) in [6.07, 6.45) is -9.04. The molecule has 1 aromatic rings. The van der Waals surface area contributed by atoms with E-state index in [0.29, 0.717) is 0 Å². The molecule has 106 valence electrons. The predicted octanol–water partition coefficient (Wildman–Crippen LogP) is 3.40. The first-order valence-electron chi connectivity index (χ1n) is 4.82. The summed E-state index contributed by atoms with van der Waals surface area (Å²) in [6.45, 7) is 0. The third kappa shape index (κ3) is 3.76. The van der Waals surface area contributed by atoms with E-state index in [1.807, 2.05) is 0 Å². The molecule has 0 aliphatic carbocycles. The SMILES string of the molecule is O=C(O)Cc1nc(CCl)c(C(F)(F)F)cc1C(F)F. The zero-order chi connectivity index (χ0) is 14.8. The Bertz CT molecular complexity index is 490. The van der Waals surface area contributed by atoms with Crippen LogP contribution in [-0.2, 0) is 23.3 Å². The second kappa shape index (κ2) is 5.68. The van der Waals surface area contributed by atoms with Crippen LogP contribution in [0.3, 0.4) is 0 Å². The van der Waals surface area contributed by atoms with E-state index in [2.05, 4.69) is 4.98 Å². The number of hydrogen-bond donors (Lipinski definition) is 1. The number of carboxylic acids is 1. The Labute approximate surface area is 109 Å². The third-order valence-corrected chi connectivity index (χ3v) is 2.45. The van der Waals surface area contributed by atoms with E-state index in [1.54, 1.807) is 0 Å². The van der Waals surface area contributed by atoms with Crippen molar-refractivity contribution in [3.05, 3.63) is 28.6 Å². The van der Waals surface area contributed by atoms with Gasteiger partial charge in [-0.15, -0.1) is 11.6 Å². The van der Waals surface area contributed by atoms with Crippen LogP contribution >= 0.6 is 11.6 Å². The first-order valence-corrected chi connectivity index (χ1v) is 5.36. The lowest BCUT2D eigenvalue weighted by molar-refractivity contribution is -0.138. The molecule has 0 radical (unpaired) electrons. The van der Waals surface area contributed by atoms with Gasteiger partial charge < -0.3 is 5.11 Å². The standard InChI is InChI=1S/C10H7ClF5NO2/c11-3-7-5(10(14,15)16)1-4(9(12)13)6(17-7)2-8(18)19/h1,9H,2-3H2,(H,18,19). The van der Waals surface area contributed by atoms with Crippen molar-refractivity contribution < 1.29 is 31.9 Å². The Balaban J connectivity index is 3.46. The number of alkyl halides is 6. The minimum atomic E-state index is -4.89. The molecule has 19 heavy (non-hydrogen) atoms. The zero-order valence-corrected chi connectivity index (χ0v) is 9.90. The second-order valence-corrected chi connectivity index (χ2v) is 3.79. The van der Waals surface area contributed by atoms with Gasteiger partial charge in [-0.3, -0.25) is 9.78 Å². The maximum absolute atomic E-state index is 12.6. The molecule has 0 spiro atoms. The topological polar surface area (TPSA) is 50.2 Å². The zero-order valence-electron chi connectivity index (χ0n) is 9.14. The fourth-order valence-electron chi connectivity index (χ4n) is 1.43. The smallest absolute Gasteiger partial charge is 0.418 e. The van der Waals surface area contributed by atoms with Gasteiger partial charge in [-0.1, -0.05) is 0 Å². The Morgan fingerprint density at radius 3 is 2.32 bits per heavy atom. The van der Waals surface area contributed by atoms with Crippen molar-refractivity contribution in [3.8, 4) is 0 Å². The maximum Gasteiger partial charge on any atom is 0.418 e. The summed E-state index contributed by atoms with van der Waals surface area (Å²) in [5.74, 6) is -2.14. The highest BCUT2D eigenvalue weighted by Gasteiger charge is 2.36. The van der Waals surface area contributed by atoms with Gasteiger partial charge in [-0.25, -0.2) is 8.78 Å². The van der Waals surface area contributed by atoms with Crippen LogP contribution in [0.15, 0.2) is 6.07 Å². The van der Waals surface area contributed by atoms with E-state index in [0.717, 1.165) is 0 Å². The number of pyridine rings is 1. The number of aromatic nitrogens is 1. The Morgan fingerprint density at radius 2 is 1.95 bits per heavy atom. The fourth-order valence-corrected chi connectivity index (χ4v) is 1.63. The summed E-state index contributed by atoms with van der Waals surface area (Å²) in [7, 11) is 0. The molecule has 0 aliphatic rings. The number of hydrogen-bond acceptors (Lipinski definition) is 2. The highest BCUT2D eigenvalue weighted by Crippen LogP contribution is 2.35. The molecule has 0 amide bonds. The average Bonchev–Trinajstić information content (AvgIpc) is 2.25. The fraction of sp³-hybridized carbons (Fsp3) is 0.400. The van der Waals surface area contributed by atoms with Gasteiger partial charge in [0.15, 0.2) is 0 Å². The van der Waals surface area contributed by atoms with Crippen LogP contribution in [0.25, 0.3) is 0 Å². The van der Waals surface area contributed by atoms with E-state index >= 15 is 0 Å². The second-order valence-electron chi connectivity index (χ2n) is 3.52. The van der Waals surface area contributed by atoms with Gasteiger partial charge in [0.05, 0.1) is 29.3 Å². The lowest BCUT2D eigenvalue weighted by Gasteiger charge is -2.15. The lowest BCUT2D eigenvalue weighted by Crippen LogP contribution is -2.15. The van der Waals surface area contributed by atoms with Crippen molar-refractivity contribution in [3.63, 3.8) is 0 Å². The van der Waals surface area contributed by atoms with Crippen LogP contribution in [0.5, 0.6) is 0 Å². The molecular formula is C10H7ClF5NO2. The van der Waals surface area contributed by atoms with Crippen molar-refractivity contribution >= 4 is 17.6 Å². The van der Waals surface area contributed by atoms with Crippen molar-refractivity contribution in [2.45, 2.75) is 24.9 Å². The van der Waals surface area contributed by atoms with Crippen LogP contribution in [0.1, 0.15) is 28.9 Å². The van der Waals surface area contributed by atoms with Crippen molar-refractivity contribution in [1.82, 2.24) is 4.98 Å². The predicted molar refractivity (Wildman–Crippen MR) is 55.1 cm³/mol. The molecule has 1 rings (SSSR count). The van der Waals surface area contributed by atoms with E-state index in [4.69, 9.17) is 16.7 Å². The Morgan fingerprint density at radius 1 is 1.37 bits per heavy atom. The molecule has 0 saturated heterocycles. The highest BCUT2D eigenvalue weighted by atomic mass is 35.5. The molecule has 9 heteroatoms. The first-order chi connectivity index (χ1) is 8.66. The van der Waals surface area contributed by atoms with E-state index in [1.165, 1.54) is 0 Å². The molecule has 3 nitrogen and oxygen atoms in total. The molecule has 1 N–H and O–H groups in total. The van der Waals surface area contributed by atoms with Crippen LogP contribution < -0.4 is 0 Å². The monoisotopic (exact) mass is 303 g/mol. The number of carboxylic acid groups (broad SMARTS) is 1. The molecule has 0 atom stereocenters. The molecule has 0 aromatic carbocycles. The molecule has 0 saturated carbocycles. The molecule has 0 aliphatic heterocycles. The first kappa shape index (κ1) is 15.6. The Hall–Kier alpha value is -1.44. The van der Waals surface area contributed by atoms with Crippen molar-refractivity contribution in [2.75, 3.05) is 0 Å². The minimum absolute atomic E-state index is 0.202. The van der Waals surface area contributed by atoms with Gasteiger partial charge in [0.1, 0.15) is 0 Å². The normalized spacial score (nSPS) is 11.9. The lowest BCUT2D eigenvalue weighted by atomic mass is 10.1. The Kier molecular flexibility index (Phi) is 4.67. The molecular weight excluding hydrogens is 297 g/mol. The summed E-state index contributed by atoms with van der Waals surface area (Å²) >= 11 is 5.28. The number of nitrogens with zero attached hydrogens (tertiary/aromatic N) is 1. The molecule has 0 fully saturated rings. The van der Waals surface area contributed by atoms with Gasteiger partial charge in [0.2, 0.25) is 0 Å². The van der Waals surface area contributed by atoms with Gasteiger partial charge in [0, 0.05) is 5.56 Å². The van der Waals surface area contributed by atoms with Gasteiger partial charge in [-0.05, 0) is 6.07 Å². The number of carbonyl (C=O) groups is 1. The number of rotatable bonds is 4. The van der Waals surface area contributed by atoms with Gasteiger partial charge in [-0.2, -0.15) is 13.2 Å². The summed E-state index contributed by atoms with van der Waals surface area (Å²) < 4.78 is 63.1. The quantitative estimate of drug-likeness (QED) is 0.685. The molecule has 1 heterocycles. The number of halogens is 6. The number of aliphatic carboxylic acids is 1. The van der Waals surface area contributed by atoms with Crippen molar-refractivity contribution in [2.24, 2.45) is 0 Å². The largest absolute Gasteiger partial charge is 0.481 e. The summed E-state index contributed by atoms with van der Waals surface area (Å²) in [5, 5.41) is 8.53. The average molecular weight is 304 g/mol. The van der Waals surface area contributed by atoms with Crippen LogP contribution in [0.2, 0.25) is 0 Å². The molecule has 1 aromatic heterocycles. The van der Waals surface area contributed by atoms with Gasteiger partial charge in [0.25, 0.3) is 6.43 Å². The van der Waals surface area contributed by atoms with Crippen LogP contribution in [0, 0.1) is 0 Å². The van der Waals surface area contributed by atoms with E-state index in [9.17, 15) is 26.7 Å². The highest BCUT2D eigenvalue weighted by molar-refractivity contribution is 6.17. The molecule has 0 unspecified atom stereocenters. The van der Waals surface area contributed by atoms with E-state index in [-0.39, 0.29) is 6.07 Å². The summed E-state index contributed by atoms with van der Waals surface area (Å²) in [6, 6.07) is 0.202. The van der Waals surface area contributed by atoms with E-state index < -0.39 is 53.4 Å². The van der Waals surface area contributed by atoms with Crippen molar-refractivity contribution in [1.29, 1.82) is 0 Å². The van der Waals surface area contributed by atoms with Crippen LogP contribution in [-0.4, -0.2) is 16.1 Å². The summed E-state index contributed by atoms with van der Waals surface area (Å²) in [4.78, 5) is 13.8. The third-order valence-electron chi connectivity index (χ3n) is 2.20.